The van der Waals surface area contributed by atoms with Crippen molar-refractivity contribution < 1.29 is 9.90 Å². The minimum Gasteiger partial charge on any atom is -0.480 e. The lowest BCUT2D eigenvalue weighted by Gasteiger charge is -2.32. The summed E-state index contributed by atoms with van der Waals surface area (Å²) in [5, 5.41) is 9.15. The molecule has 0 bridgehead atoms. The number of nitrogens with zero attached hydrogens (tertiary/aromatic N) is 1. The van der Waals surface area contributed by atoms with E-state index in [1.807, 2.05) is 30.1 Å². The van der Waals surface area contributed by atoms with Crippen LogP contribution in [0.4, 0.5) is 0 Å². The summed E-state index contributed by atoms with van der Waals surface area (Å²) < 4.78 is 0. The quantitative estimate of drug-likeness (QED) is 0.842. The van der Waals surface area contributed by atoms with Gasteiger partial charge in [0.05, 0.1) is 0 Å². The van der Waals surface area contributed by atoms with Crippen molar-refractivity contribution in [3.63, 3.8) is 0 Å². The summed E-state index contributed by atoms with van der Waals surface area (Å²) in [5.74, 6) is -0.337. The fraction of sp³-hybridized carbons (Fsp3) is 0.533. The second-order valence-corrected chi connectivity index (χ2v) is 5.39. The molecule has 0 amide bonds. The van der Waals surface area contributed by atoms with Crippen molar-refractivity contribution in [1.82, 2.24) is 4.90 Å². The Kier molecular flexibility index (Phi) is 4.91. The third-order valence-corrected chi connectivity index (χ3v) is 3.74. The molecule has 0 aliphatic rings. The average Bonchev–Trinajstić information content (AvgIpc) is 2.36. The van der Waals surface area contributed by atoms with Crippen LogP contribution in [-0.4, -0.2) is 35.1 Å². The predicted octanol–water partition coefficient (Wildman–Crippen LogP) is 2.98. The molecule has 0 spiro atoms. The van der Waals surface area contributed by atoms with Crippen LogP contribution in [0.1, 0.15) is 38.7 Å². The number of carboxylic acid groups (broad SMARTS) is 1. The van der Waals surface area contributed by atoms with Crippen LogP contribution in [0.2, 0.25) is 0 Å². The van der Waals surface area contributed by atoms with Gasteiger partial charge in [0.1, 0.15) is 5.54 Å². The normalized spacial score (nSPS) is 13.6. The van der Waals surface area contributed by atoms with Crippen molar-refractivity contribution in [3.8, 4) is 0 Å². The monoisotopic (exact) mass is 249 g/mol. The van der Waals surface area contributed by atoms with E-state index in [0.29, 0.717) is 5.92 Å². The zero-order chi connectivity index (χ0) is 13.8. The van der Waals surface area contributed by atoms with Gasteiger partial charge in [-0.15, -0.1) is 0 Å². The first-order chi connectivity index (χ1) is 8.35. The number of carbonyl (C=O) groups is 1. The van der Waals surface area contributed by atoms with Crippen molar-refractivity contribution in [2.24, 2.45) is 0 Å². The van der Waals surface area contributed by atoms with Gasteiger partial charge in [-0.25, -0.2) is 0 Å². The van der Waals surface area contributed by atoms with Crippen LogP contribution >= 0.6 is 0 Å². The van der Waals surface area contributed by atoms with Gasteiger partial charge in [-0.2, -0.15) is 0 Å². The molecule has 0 aliphatic carbocycles. The Morgan fingerprint density at radius 1 is 1.33 bits per heavy atom. The Morgan fingerprint density at radius 3 is 2.39 bits per heavy atom. The van der Waals surface area contributed by atoms with E-state index in [-0.39, 0.29) is 0 Å². The molecular formula is C15H23NO2. The third kappa shape index (κ3) is 3.57. The van der Waals surface area contributed by atoms with Gasteiger partial charge in [0.15, 0.2) is 0 Å². The van der Waals surface area contributed by atoms with Crippen LogP contribution in [0.5, 0.6) is 0 Å². The number of benzene rings is 1. The van der Waals surface area contributed by atoms with Crippen LogP contribution in [0.15, 0.2) is 30.3 Å². The standard InChI is InChI=1S/C15H23NO2/c1-12(13-8-6-5-7-9-13)10-11-16(4)15(2,3)14(17)18/h5-9,12H,10-11H2,1-4H3,(H,17,18). The maximum atomic E-state index is 11.1. The smallest absolute Gasteiger partial charge is 0.323 e. The van der Waals surface area contributed by atoms with Gasteiger partial charge in [0, 0.05) is 0 Å². The lowest BCUT2D eigenvalue weighted by Crippen LogP contribution is -2.48. The Balaban J connectivity index is 2.53. The van der Waals surface area contributed by atoms with E-state index in [0.717, 1.165) is 13.0 Å². The first-order valence-electron chi connectivity index (χ1n) is 6.35. The lowest BCUT2D eigenvalue weighted by atomic mass is 9.96. The highest BCUT2D eigenvalue weighted by Gasteiger charge is 2.31. The fourth-order valence-corrected chi connectivity index (χ4v) is 1.78. The summed E-state index contributed by atoms with van der Waals surface area (Å²) in [5.41, 5.74) is 0.496. The molecule has 0 heterocycles. The topological polar surface area (TPSA) is 40.5 Å². The number of rotatable bonds is 6. The zero-order valence-corrected chi connectivity index (χ0v) is 11.7. The van der Waals surface area contributed by atoms with Crippen LogP contribution in [0.25, 0.3) is 0 Å². The fourth-order valence-electron chi connectivity index (χ4n) is 1.78. The van der Waals surface area contributed by atoms with E-state index >= 15 is 0 Å². The lowest BCUT2D eigenvalue weighted by molar-refractivity contribution is -0.148. The molecular weight excluding hydrogens is 226 g/mol. The van der Waals surface area contributed by atoms with E-state index in [1.165, 1.54) is 5.56 Å². The molecule has 1 aromatic carbocycles. The van der Waals surface area contributed by atoms with E-state index in [4.69, 9.17) is 5.11 Å². The number of aliphatic carboxylic acids is 1. The van der Waals surface area contributed by atoms with Crippen molar-refractivity contribution in [3.05, 3.63) is 35.9 Å². The van der Waals surface area contributed by atoms with Gasteiger partial charge in [-0.3, -0.25) is 9.69 Å². The number of likely N-dealkylation sites (N-methyl/N-ethyl adjacent to an activating group) is 1. The molecule has 0 aliphatic heterocycles. The minimum absolute atomic E-state index is 0.443. The van der Waals surface area contributed by atoms with Crippen LogP contribution in [0, 0.1) is 0 Å². The van der Waals surface area contributed by atoms with Gasteiger partial charge < -0.3 is 5.11 Å². The Hall–Kier alpha value is -1.35. The van der Waals surface area contributed by atoms with Crippen molar-refractivity contribution >= 4 is 5.97 Å². The van der Waals surface area contributed by atoms with Gasteiger partial charge in [-0.1, -0.05) is 37.3 Å². The molecule has 1 unspecified atom stereocenters. The number of hydrogen-bond donors (Lipinski definition) is 1. The highest BCUT2D eigenvalue weighted by Crippen LogP contribution is 2.21. The second kappa shape index (κ2) is 6.01. The van der Waals surface area contributed by atoms with Crippen LogP contribution in [-0.2, 0) is 4.79 Å². The van der Waals surface area contributed by atoms with E-state index in [9.17, 15) is 4.79 Å². The van der Waals surface area contributed by atoms with Crippen molar-refractivity contribution in [1.29, 1.82) is 0 Å². The van der Waals surface area contributed by atoms with Crippen LogP contribution in [0.3, 0.4) is 0 Å². The summed E-state index contributed by atoms with van der Waals surface area (Å²) in [7, 11) is 1.87. The minimum atomic E-state index is -0.809. The third-order valence-electron chi connectivity index (χ3n) is 3.74. The molecule has 1 N–H and O–H groups in total. The second-order valence-electron chi connectivity index (χ2n) is 5.39. The molecule has 1 rings (SSSR count). The highest BCUT2D eigenvalue weighted by molar-refractivity contribution is 5.77. The number of carboxylic acids is 1. The zero-order valence-electron chi connectivity index (χ0n) is 11.7. The highest BCUT2D eigenvalue weighted by atomic mass is 16.4. The molecule has 0 saturated heterocycles. The molecule has 3 nitrogen and oxygen atoms in total. The molecule has 0 radical (unpaired) electrons. The summed E-state index contributed by atoms with van der Waals surface area (Å²) in [6.45, 7) is 6.43. The molecule has 0 saturated carbocycles. The number of hydrogen-bond acceptors (Lipinski definition) is 2. The van der Waals surface area contributed by atoms with Gasteiger partial charge >= 0.3 is 5.97 Å². The average molecular weight is 249 g/mol. The Morgan fingerprint density at radius 2 is 1.89 bits per heavy atom. The molecule has 3 heteroatoms. The first-order valence-corrected chi connectivity index (χ1v) is 6.35. The predicted molar refractivity (Wildman–Crippen MR) is 73.8 cm³/mol. The molecule has 0 aromatic heterocycles. The van der Waals surface area contributed by atoms with Crippen LogP contribution < -0.4 is 0 Å². The summed E-state index contributed by atoms with van der Waals surface area (Å²) in [4.78, 5) is 13.0. The van der Waals surface area contributed by atoms with Gasteiger partial charge in [0.2, 0.25) is 0 Å². The maximum Gasteiger partial charge on any atom is 0.323 e. The van der Waals surface area contributed by atoms with E-state index in [1.54, 1.807) is 13.8 Å². The van der Waals surface area contributed by atoms with Gasteiger partial charge in [-0.05, 0) is 45.3 Å². The van der Waals surface area contributed by atoms with E-state index < -0.39 is 11.5 Å². The first kappa shape index (κ1) is 14.7. The summed E-state index contributed by atoms with van der Waals surface area (Å²) >= 11 is 0. The molecule has 1 aromatic rings. The molecule has 18 heavy (non-hydrogen) atoms. The van der Waals surface area contributed by atoms with E-state index in [2.05, 4.69) is 19.1 Å². The maximum absolute atomic E-state index is 11.1. The molecule has 100 valence electrons. The Labute approximate surface area is 109 Å². The largest absolute Gasteiger partial charge is 0.480 e. The van der Waals surface area contributed by atoms with Crippen molar-refractivity contribution in [2.75, 3.05) is 13.6 Å². The molecule has 1 atom stereocenters. The molecule has 0 fully saturated rings. The van der Waals surface area contributed by atoms with Gasteiger partial charge in [0.25, 0.3) is 0 Å². The SMILES string of the molecule is CC(CCN(C)C(C)(C)C(=O)O)c1ccccc1. The summed E-state index contributed by atoms with van der Waals surface area (Å²) in [6, 6.07) is 10.3. The Bertz CT molecular complexity index is 387. The summed E-state index contributed by atoms with van der Waals surface area (Å²) in [6.07, 6.45) is 0.956. The van der Waals surface area contributed by atoms with Crippen molar-refractivity contribution in [2.45, 2.75) is 38.6 Å².